The second-order valence-corrected chi connectivity index (χ2v) is 10.3. The molecule has 1 heterocycles. The number of unbranched alkanes of at least 4 members (excludes halogenated alkanes) is 1. The van der Waals surface area contributed by atoms with Crippen LogP contribution in [-0.2, 0) is 9.59 Å². The Morgan fingerprint density at radius 1 is 0.857 bits per heavy atom. The first-order valence-corrected chi connectivity index (χ1v) is 14.5. The number of anilines is 2. The van der Waals surface area contributed by atoms with Crippen LogP contribution < -0.4 is 20.7 Å². The summed E-state index contributed by atoms with van der Waals surface area (Å²) in [5.41, 5.74) is 2.42. The number of hydrogen-bond acceptors (Lipinski definition) is 6. The molecule has 3 N–H and O–H groups in total. The molecule has 0 aliphatic rings. The van der Waals surface area contributed by atoms with E-state index in [1.807, 2.05) is 42.5 Å². The number of nitrogens with one attached hydrogen (secondary N) is 3. The molecule has 0 aliphatic heterocycles. The van der Waals surface area contributed by atoms with Gasteiger partial charge in [-0.3, -0.25) is 19.4 Å². The Morgan fingerprint density at radius 2 is 1.57 bits per heavy atom. The summed E-state index contributed by atoms with van der Waals surface area (Å²) >= 11 is 1.38. The lowest BCUT2D eigenvalue weighted by Gasteiger charge is -2.12. The normalized spacial score (nSPS) is 10.9. The molecule has 0 unspecified atom stereocenters. The zero-order chi connectivity index (χ0) is 29.6. The molecule has 0 saturated carbocycles. The van der Waals surface area contributed by atoms with E-state index in [4.69, 9.17) is 4.74 Å². The lowest BCUT2D eigenvalue weighted by atomic mass is 10.2. The first kappa shape index (κ1) is 30.1. The maximum Gasteiger partial charge on any atom is 0.272 e. The van der Waals surface area contributed by atoms with E-state index in [1.54, 1.807) is 67.0 Å². The van der Waals surface area contributed by atoms with Crippen LogP contribution in [0.5, 0.6) is 5.75 Å². The molecule has 0 bridgehead atoms. The average molecular weight is 581 g/mol. The van der Waals surface area contributed by atoms with Gasteiger partial charge in [0.1, 0.15) is 11.4 Å². The Kier molecular flexibility index (Phi) is 11.3. The second kappa shape index (κ2) is 15.8. The van der Waals surface area contributed by atoms with Gasteiger partial charge in [0.15, 0.2) is 0 Å². The number of carbonyl (C=O) groups excluding carboxylic acids is 3. The van der Waals surface area contributed by atoms with Crippen molar-refractivity contribution in [3.63, 3.8) is 0 Å². The summed E-state index contributed by atoms with van der Waals surface area (Å²) in [5.74, 6) is -0.00579. The number of carbonyl (C=O) groups is 3. The highest BCUT2D eigenvalue weighted by Gasteiger charge is 2.15. The van der Waals surface area contributed by atoms with E-state index < -0.39 is 11.8 Å². The van der Waals surface area contributed by atoms with Gasteiger partial charge in [0.25, 0.3) is 11.8 Å². The smallest absolute Gasteiger partial charge is 0.272 e. The largest absolute Gasteiger partial charge is 0.494 e. The SMILES string of the molecule is CCCCOc1ccc(NC(=O)CSc2ccc(NC(=O)/C(=C/c3cccnc3)NC(=O)c3ccccc3)cc2)cc1. The summed E-state index contributed by atoms with van der Waals surface area (Å²) in [7, 11) is 0. The van der Waals surface area contributed by atoms with Gasteiger partial charge in [0, 0.05) is 34.2 Å². The van der Waals surface area contributed by atoms with E-state index in [0.29, 0.717) is 29.1 Å². The predicted octanol–water partition coefficient (Wildman–Crippen LogP) is 6.40. The first-order chi connectivity index (χ1) is 20.5. The standard InChI is InChI=1S/C33H32N4O4S/c1-2-3-20-41-28-15-11-26(12-16-28)35-31(38)23-42-29-17-13-27(14-18-29)36-33(40)30(21-24-8-7-19-34-22-24)37-32(39)25-9-5-4-6-10-25/h4-19,21-22H,2-3,20,23H2,1H3,(H,35,38)(H,36,40)(H,37,39)/b30-21-. The monoisotopic (exact) mass is 580 g/mol. The average Bonchev–Trinajstić information content (AvgIpc) is 3.02. The van der Waals surface area contributed by atoms with Crippen molar-refractivity contribution in [2.75, 3.05) is 23.0 Å². The number of rotatable bonds is 13. The van der Waals surface area contributed by atoms with Crippen molar-refractivity contribution < 1.29 is 19.1 Å². The molecule has 42 heavy (non-hydrogen) atoms. The van der Waals surface area contributed by atoms with Crippen LogP contribution in [0, 0.1) is 0 Å². The minimum atomic E-state index is -0.482. The summed E-state index contributed by atoms with van der Waals surface area (Å²) in [5, 5.41) is 8.42. The molecule has 0 radical (unpaired) electrons. The van der Waals surface area contributed by atoms with Gasteiger partial charge in [-0.15, -0.1) is 11.8 Å². The highest BCUT2D eigenvalue weighted by molar-refractivity contribution is 8.00. The van der Waals surface area contributed by atoms with Crippen molar-refractivity contribution >= 4 is 46.9 Å². The molecule has 0 fully saturated rings. The van der Waals surface area contributed by atoms with Gasteiger partial charge in [0.2, 0.25) is 5.91 Å². The molecule has 0 saturated heterocycles. The van der Waals surface area contributed by atoms with Crippen molar-refractivity contribution in [1.29, 1.82) is 0 Å². The summed E-state index contributed by atoms with van der Waals surface area (Å²) < 4.78 is 5.65. The van der Waals surface area contributed by atoms with E-state index in [2.05, 4.69) is 27.9 Å². The quantitative estimate of drug-likeness (QED) is 0.0959. The predicted molar refractivity (Wildman–Crippen MR) is 167 cm³/mol. The number of thioether (sulfide) groups is 1. The lowest BCUT2D eigenvalue weighted by molar-refractivity contribution is -0.114. The molecule has 214 valence electrons. The molecule has 3 aromatic carbocycles. The van der Waals surface area contributed by atoms with Crippen molar-refractivity contribution in [3.8, 4) is 5.75 Å². The molecule has 4 rings (SSSR count). The third kappa shape index (κ3) is 9.64. The fourth-order valence-corrected chi connectivity index (χ4v) is 4.42. The van der Waals surface area contributed by atoms with Crippen molar-refractivity contribution in [3.05, 3.63) is 120 Å². The first-order valence-electron chi connectivity index (χ1n) is 13.5. The highest BCUT2D eigenvalue weighted by atomic mass is 32.2. The molecule has 0 atom stereocenters. The van der Waals surface area contributed by atoms with Crippen molar-refractivity contribution in [2.24, 2.45) is 0 Å². The molecule has 9 heteroatoms. The van der Waals surface area contributed by atoms with Gasteiger partial charge in [-0.1, -0.05) is 37.6 Å². The number of hydrogen-bond donors (Lipinski definition) is 3. The van der Waals surface area contributed by atoms with E-state index in [1.165, 1.54) is 11.8 Å². The number of ether oxygens (including phenoxy) is 1. The van der Waals surface area contributed by atoms with E-state index >= 15 is 0 Å². The topological polar surface area (TPSA) is 109 Å². The fourth-order valence-electron chi connectivity index (χ4n) is 3.72. The van der Waals surface area contributed by atoms with Gasteiger partial charge < -0.3 is 20.7 Å². The zero-order valence-corrected chi connectivity index (χ0v) is 24.0. The van der Waals surface area contributed by atoms with E-state index in [0.717, 1.165) is 23.5 Å². The summed E-state index contributed by atoms with van der Waals surface area (Å²) in [4.78, 5) is 43.3. The van der Waals surface area contributed by atoms with E-state index in [9.17, 15) is 14.4 Å². The van der Waals surface area contributed by atoms with Crippen LogP contribution in [0.1, 0.15) is 35.7 Å². The molecule has 8 nitrogen and oxygen atoms in total. The Balaban J connectivity index is 1.32. The van der Waals surface area contributed by atoms with Crippen molar-refractivity contribution in [1.82, 2.24) is 10.3 Å². The zero-order valence-electron chi connectivity index (χ0n) is 23.2. The number of pyridine rings is 1. The lowest BCUT2D eigenvalue weighted by Crippen LogP contribution is -2.30. The van der Waals surface area contributed by atoms with Crippen LogP contribution >= 0.6 is 11.8 Å². The molecule has 4 aromatic rings. The number of benzene rings is 3. The molecule has 1 aromatic heterocycles. The van der Waals surface area contributed by atoms with Crippen LogP contribution in [0.25, 0.3) is 6.08 Å². The molecule has 3 amide bonds. The second-order valence-electron chi connectivity index (χ2n) is 9.21. The van der Waals surface area contributed by atoms with Gasteiger partial charge >= 0.3 is 0 Å². The van der Waals surface area contributed by atoms with Gasteiger partial charge in [-0.2, -0.15) is 0 Å². The minimum Gasteiger partial charge on any atom is -0.494 e. The van der Waals surface area contributed by atoms with E-state index in [-0.39, 0.29) is 17.4 Å². The van der Waals surface area contributed by atoms with Gasteiger partial charge in [-0.25, -0.2) is 0 Å². The summed E-state index contributed by atoms with van der Waals surface area (Å²) in [6, 6.07) is 26.7. The Morgan fingerprint density at radius 3 is 2.26 bits per heavy atom. The minimum absolute atomic E-state index is 0.0764. The Hall–Kier alpha value is -4.89. The van der Waals surface area contributed by atoms with Gasteiger partial charge in [-0.05, 0) is 84.8 Å². The summed E-state index contributed by atoms with van der Waals surface area (Å²) in [6.07, 6.45) is 6.87. The van der Waals surface area contributed by atoms with Crippen LogP contribution in [0.4, 0.5) is 11.4 Å². The number of nitrogens with zero attached hydrogens (tertiary/aromatic N) is 1. The third-order valence-electron chi connectivity index (χ3n) is 5.91. The fraction of sp³-hybridized carbons (Fsp3) is 0.152. The molecule has 0 aliphatic carbocycles. The Labute approximate surface area is 249 Å². The van der Waals surface area contributed by atoms with Crippen molar-refractivity contribution in [2.45, 2.75) is 24.7 Å². The number of aromatic nitrogens is 1. The van der Waals surface area contributed by atoms with Crippen LogP contribution in [-0.4, -0.2) is 35.1 Å². The van der Waals surface area contributed by atoms with Gasteiger partial charge in [0.05, 0.1) is 12.4 Å². The molecular weight excluding hydrogens is 548 g/mol. The molecule has 0 spiro atoms. The maximum absolute atomic E-state index is 13.2. The molecular formula is C33H32N4O4S. The number of amides is 3. The van der Waals surface area contributed by atoms with Crippen LogP contribution in [0.2, 0.25) is 0 Å². The summed E-state index contributed by atoms with van der Waals surface area (Å²) in [6.45, 7) is 2.79. The maximum atomic E-state index is 13.2. The third-order valence-corrected chi connectivity index (χ3v) is 6.92. The van der Waals surface area contributed by atoms with Crippen LogP contribution in [0.3, 0.4) is 0 Å². The Bertz CT molecular complexity index is 1490. The van der Waals surface area contributed by atoms with Crippen LogP contribution in [0.15, 0.2) is 114 Å². The highest BCUT2D eigenvalue weighted by Crippen LogP contribution is 2.22.